The summed E-state index contributed by atoms with van der Waals surface area (Å²) in [6, 6.07) is 6.27. The van der Waals surface area contributed by atoms with Gasteiger partial charge < -0.3 is 9.47 Å². The first-order valence-electron chi connectivity index (χ1n) is 10.8. The van der Waals surface area contributed by atoms with Gasteiger partial charge in [-0.05, 0) is 30.5 Å². The number of rotatable bonds is 17. The first-order valence-corrected chi connectivity index (χ1v) is 11.9. The van der Waals surface area contributed by atoms with Crippen LogP contribution in [0.2, 0.25) is 0 Å². The predicted molar refractivity (Wildman–Crippen MR) is 117 cm³/mol. The van der Waals surface area contributed by atoms with Crippen LogP contribution in [0, 0.1) is 0 Å². The van der Waals surface area contributed by atoms with Gasteiger partial charge in [-0.15, -0.1) is 0 Å². The lowest BCUT2D eigenvalue weighted by Gasteiger charge is -2.12. The molecule has 1 aromatic rings. The molecule has 0 saturated carbocycles. The van der Waals surface area contributed by atoms with Crippen LogP contribution in [0.25, 0.3) is 0 Å². The summed E-state index contributed by atoms with van der Waals surface area (Å²) in [5.41, 5.74) is 1.21. The molecule has 0 bridgehead atoms. The van der Waals surface area contributed by atoms with Crippen molar-refractivity contribution in [3.05, 3.63) is 23.8 Å². The Hall–Kier alpha value is -0.700. The summed E-state index contributed by atoms with van der Waals surface area (Å²) in [4.78, 5) is 0. The fourth-order valence-electron chi connectivity index (χ4n) is 3.02. The molecule has 0 fully saturated rings. The van der Waals surface area contributed by atoms with E-state index in [4.69, 9.17) is 9.47 Å². The van der Waals surface area contributed by atoms with Crippen LogP contribution in [0.1, 0.15) is 96.5 Å². The molecule has 0 radical (unpaired) electrons. The van der Waals surface area contributed by atoms with Gasteiger partial charge in [0.15, 0.2) is 0 Å². The van der Waals surface area contributed by atoms with Crippen molar-refractivity contribution < 1.29 is 9.47 Å². The molecule has 0 spiro atoms. The molecular weight excluding hydrogens is 388 g/mol. The van der Waals surface area contributed by atoms with Gasteiger partial charge >= 0.3 is 0 Å². The zero-order valence-electron chi connectivity index (χ0n) is 17.0. The highest BCUT2D eigenvalue weighted by Crippen LogP contribution is 2.25. The molecule has 3 heteroatoms. The van der Waals surface area contributed by atoms with Gasteiger partial charge in [-0.2, -0.15) is 0 Å². The van der Waals surface area contributed by atoms with Gasteiger partial charge in [0.25, 0.3) is 0 Å². The van der Waals surface area contributed by atoms with Crippen molar-refractivity contribution in [1.29, 1.82) is 0 Å². The Morgan fingerprint density at radius 1 is 0.615 bits per heavy atom. The molecule has 150 valence electrons. The number of hydrogen-bond donors (Lipinski definition) is 0. The quantitative estimate of drug-likeness (QED) is 0.185. The van der Waals surface area contributed by atoms with E-state index in [0.29, 0.717) is 0 Å². The standard InChI is InChI=1S/C23H39BrO2/c1-3-5-7-9-11-13-15-25-22-17-21(20-24)18-23(19-22)26-16-14-12-10-8-6-4-2/h17-19H,3-16,20H2,1-2H3. The molecular formula is C23H39BrO2. The van der Waals surface area contributed by atoms with Crippen molar-refractivity contribution in [2.24, 2.45) is 0 Å². The summed E-state index contributed by atoms with van der Waals surface area (Å²) in [5.74, 6) is 1.88. The predicted octanol–water partition coefficient (Wildman–Crippen LogP) is 8.06. The minimum Gasteiger partial charge on any atom is -0.493 e. The van der Waals surface area contributed by atoms with Crippen LogP contribution >= 0.6 is 15.9 Å². The Labute approximate surface area is 170 Å². The second-order valence-electron chi connectivity index (χ2n) is 7.18. The first kappa shape index (κ1) is 23.3. The summed E-state index contributed by atoms with van der Waals surface area (Å²) in [6.45, 7) is 6.11. The molecule has 26 heavy (non-hydrogen) atoms. The Morgan fingerprint density at radius 2 is 1.04 bits per heavy atom. The molecule has 0 amide bonds. The molecule has 0 unspecified atom stereocenters. The Bertz CT molecular complexity index is 412. The minimum atomic E-state index is 0.800. The topological polar surface area (TPSA) is 18.5 Å². The van der Waals surface area contributed by atoms with Crippen molar-refractivity contribution in [2.75, 3.05) is 13.2 Å². The normalized spacial score (nSPS) is 10.9. The molecule has 0 N–H and O–H groups in total. The zero-order valence-corrected chi connectivity index (χ0v) is 18.6. The Morgan fingerprint density at radius 3 is 1.46 bits per heavy atom. The fourth-order valence-corrected chi connectivity index (χ4v) is 3.34. The van der Waals surface area contributed by atoms with Crippen molar-refractivity contribution in [1.82, 2.24) is 0 Å². The van der Waals surface area contributed by atoms with E-state index in [2.05, 4.69) is 41.9 Å². The van der Waals surface area contributed by atoms with Crippen LogP contribution in [0.4, 0.5) is 0 Å². The van der Waals surface area contributed by atoms with Crippen molar-refractivity contribution >= 4 is 15.9 Å². The van der Waals surface area contributed by atoms with Crippen LogP contribution < -0.4 is 9.47 Å². The third-order valence-corrected chi connectivity index (χ3v) is 5.27. The maximum absolute atomic E-state index is 5.97. The maximum atomic E-state index is 5.97. The van der Waals surface area contributed by atoms with Gasteiger partial charge in [0, 0.05) is 11.4 Å². The van der Waals surface area contributed by atoms with Gasteiger partial charge in [0.2, 0.25) is 0 Å². The monoisotopic (exact) mass is 426 g/mol. The first-order chi connectivity index (χ1) is 12.8. The minimum absolute atomic E-state index is 0.800. The smallest absolute Gasteiger partial charge is 0.123 e. The highest BCUT2D eigenvalue weighted by atomic mass is 79.9. The summed E-state index contributed by atoms with van der Waals surface area (Å²) in [7, 11) is 0. The molecule has 1 rings (SSSR count). The average molecular weight is 427 g/mol. The Balaban J connectivity index is 2.28. The van der Waals surface area contributed by atoms with Crippen LogP contribution in [-0.4, -0.2) is 13.2 Å². The van der Waals surface area contributed by atoms with Crippen molar-refractivity contribution in [3.8, 4) is 11.5 Å². The largest absolute Gasteiger partial charge is 0.493 e. The van der Waals surface area contributed by atoms with Gasteiger partial charge in [-0.1, -0.05) is 94.0 Å². The molecule has 1 aromatic carbocycles. The third-order valence-electron chi connectivity index (χ3n) is 4.63. The summed E-state index contributed by atoms with van der Waals surface area (Å²) >= 11 is 3.55. The van der Waals surface area contributed by atoms with E-state index >= 15 is 0 Å². The van der Waals surface area contributed by atoms with E-state index in [-0.39, 0.29) is 0 Å². The van der Waals surface area contributed by atoms with Crippen molar-refractivity contribution in [3.63, 3.8) is 0 Å². The van der Waals surface area contributed by atoms with E-state index in [1.807, 2.05) is 6.07 Å². The average Bonchev–Trinajstić information content (AvgIpc) is 2.66. The molecule has 0 heterocycles. The van der Waals surface area contributed by atoms with Gasteiger partial charge in [-0.3, -0.25) is 0 Å². The molecule has 0 aromatic heterocycles. The molecule has 0 saturated heterocycles. The number of benzene rings is 1. The third kappa shape index (κ3) is 11.8. The molecule has 0 atom stereocenters. The summed E-state index contributed by atoms with van der Waals surface area (Å²) in [5, 5.41) is 0.828. The SMILES string of the molecule is CCCCCCCCOc1cc(CBr)cc(OCCCCCCCC)c1. The molecule has 2 nitrogen and oxygen atoms in total. The number of alkyl halides is 1. The lowest BCUT2D eigenvalue weighted by atomic mass is 10.1. The van der Waals surface area contributed by atoms with E-state index in [1.165, 1.54) is 69.8 Å². The molecule has 0 aliphatic carbocycles. The second kappa shape index (κ2) is 16.5. The zero-order chi connectivity index (χ0) is 18.9. The molecule has 0 aliphatic rings. The number of halogens is 1. The highest BCUT2D eigenvalue weighted by molar-refractivity contribution is 9.08. The highest BCUT2D eigenvalue weighted by Gasteiger charge is 2.03. The lowest BCUT2D eigenvalue weighted by molar-refractivity contribution is 0.289. The van der Waals surface area contributed by atoms with Gasteiger partial charge in [0.05, 0.1) is 13.2 Å². The maximum Gasteiger partial charge on any atom is 0.123 e. The Kier molecular flexibility index (Phi) is 14.8. The van der Waals surface area contributed by atoms with E-state index in [9.17, 15) is 0 Å². The van der Waals surface area contributed by atoms with Crippen LogP contribution in [0.3, 0.4) is 0 Å². The van der Waals surface area contributed by atoms with E-state index in [0.717, 1.165) is 42.9 Å². The molecule has 0 aliphatic heterocycles. The van der Waals surface area contributed by atoms with Crippen LogP contribution in [-0.2, 0) is 5.33 Å². The van der Waals surface area contributed by atoms with Crippen LogP contribution in [0.5, 0.6) is 11.5 Å². The fraction of sp³-hybridized carbons (Fsp3) is 0.739. The summed E-state index contributed by atoms with van der Waals surface area (Å²) < 4.78 is 11.9. The van der Waals surface area contributed by atoms with E-state index in [1.54, 1.807) is 0 Å². The van der Waals surface area contributed by atoms with Crippen molar-refractivity contribution in [2.45, 2.75) is 96.2 Å². The lowest BCUT2D eigenvalue weighted by Crippen LogP contribution is -2.01. The second-order valence-corrected chi connectivity index (χ2v) is 7.74. The van der Waals surface area contributed by atoms with Gasteiger partial charge in [-0.25, -0.2) is 0 Å². The number of ether oxygens (including phenoxy) is 2. The van der Waals surface area contributed by atoms with Crippen LogP contribution in [0.15, 0.2) is 18.2 Å². The number of hydrogen-bond acceptors (Lipinski definition) is 2. The van der Waals surface area contributed by atoms with E-state index < -0.39 is 0 Å². The van der Waals surface area contributed by atoms with Gasteiger partial charge in [0.1, 0.15) is 11.5 Å². The summed E-state index contributed by atoms with van der Waals surface area (Å²) in [6.07, 6.45) is 15.5. The number of unbranched alkanes of at least 4 members (excludes halogenated alkanes) is 10.